The molecule has 0 amide bonds. The molecule has 1 aromatic rings. The smallest absolute Gasteiger partial charge is 0.132 e. The van der Waals surface area contributed by atoms with Crippen molar-refractivity contribution in [2.45, 2.75) is 58.3 Å². The zero-order valence-electron chi connectivity index (χ0n) is 11.7. The minimum atomic E-state index is 0.305. The van der Waals surface area contributed by atoms with E-state index in [9.17, 15) is 4.79 Å². The zero-order chi connectivity index (χ0) is 12.9. The van der Waals surface area contributed by atoms with Gasteiger partial charge in [0.1, 0.15) is 5.78 Å². The van der Waals surface area contributed by atoms with Crippen molar-refractivity contribution in [3.8, 4) is 0 Å². The van der Waals surface area contributed by atoms with Crippen molar-refractivity contribution < 1.29 is 4.79 Å². The van der Waals surface area contributed by atoms with E-state index in [4.69, 9.17) is 0 Å². The van der Waals surface area contributed by atoms with E-state index in [1.54, 1.807) is 11.1 Å². The molecular weight excluding hydrogens is 220 g/mol. The van der Waals surface area contributed by atoms with Gasteiger partial charge in [-0.1, -0.05) is 19.1 Å². The van der Waals surface area contributed by atoms with Crippen LogP contribution in [0.1, 0.15) is 54.9 Å². The molecule has 0 aromatic heterocycles. The van der Waals surface area contributed by atoms with Gasteiger partial charge in [0.2, 0.25) is 0 Å². The fourth-order valence-electron chi connectivity index (χ4n) is 4.29. The highest BCUT2D eigenvalue weighted by Crippen LogP contribution is 2.53. The average molecular weight is 242 g/mol. The molecule has 1 fully saturated rings. The maximum absolute atomic E-state index is 11.6. The molecule has 0 N–H and O–H groups in total. The zero-order valence-corrected chi connectivity index (χ0v) is 11.7. The number of Topliss-reactive ketones (excluding diaryl/α,β-unsaturated/α-hetero) is 1. The van der Waals surface area contributed by atoms with Crippen LogP contribution in [0.15, 0.2) is 12.1 Å². The summed E-state index contributed by atoms with van der Waals surface area (Å²) in [7, 11) is 0. The fourth-order valence-corrected chi connectivity index (χ4v) is 4.29. The van der Waals surface area contributed by atoms with Gasteiger partial charge in [0.25, 0.3) is 0 Å². The molecular formula is C17H22O. The first-order chi connectivity index (χ1) is 8.54. The topological polar surface area (TPSA) is 17.1 Å². The van der Waals surface area contributed by atoms with Crippen LogP contribution in [0.3, 0.4) is 0 Å². The number of carbonyl (C=O) groups is 1. The van der Waals surface area contributed by atoms with E-state index in [1.165, 1.54) is 17.5 Å². The summed E-state index contributed by atoms with van der Waals surface area (Å²) in [5, 5.41) is 0. The third-order valence-corrected chi connectivity index (χ3v) is 5.41. The molecule has 2 aliphatic rings. The molecule has 2 aliphatic carbocycles. The molecule has 0 radical (unpaired) electrons. The normalized spacial score (nSPS) is 25.5. The highest BCUT2D eigenvalue weighted by atomic mass is 16.1. The second-order valence-electron chi connectivity index (χ2n) is 6.35. The van der Waals surface area contributed by atoms with Crippen LogP contribution in [-0.2, 0) is 16.6 Å². The van der Waals surface area contributed by atoms with Crippen LogP contribution < -0.4 is 0 Å². The summed E-state index contributed by atoms with van der Waals surface area (Å²) in [5.41, 5.74) is 6.36. The second kappa shape index (κ2) is 3.94. The van der Waals surface area contributed by atoms with Gasteiger partial charge in [-0.3, -0.25) is 4.79 Å². The van der Waals surface area contributed by atoms with Gasteiger partial charge < -0.3 is 0 Å². The lowest BCUT2D eigenvalue weighted by Crippen LogP contribution is -2.35. The summed E-state index contributed by atoms with van der Waals surface area (Å²) in [6.07, 6.45) is 4.93. The molecule has 1 saturated carbocycles. The Hall–Kier alpha value is -1.11. The molecule has 1 spiro atoms. The van der Waals surface area contributed by atoms with Crippen molar-refractivity contribution in [2.24, 2.45) is 5.92 Å². The maximum atomic E-state index is 11.6. The summed E-state index contributed by atoms with van der Waals surface area (Å²) in [6.45, 7) is 6.86. The van der Waals surface area contributed by atoms with Crippen LogP contribution >= 0.6 is 0 Å². The standard InChI is InChI=1S/C17H22O/c1-11-4-5-12(2)16-15(11)10-13(3)17(16)8-6-14(18)7-9-17/h4-5,13H,6-10H2,1-3H3. The number of ketones is 1. The number of hydrogen-bond donors (Lipinski definition) is 0. The SMILES string of the molecule is Cc1ccc(C)c2c1CC(C)C21CCC(=O)CC1. The largest absolute Gasteiger partial charge is 0.300 e. The van der Waals surface area contributed by atoms with Crippen LogP contribution in [0.5, 0.6) is 0 Å². The lowest BCUT2D eigenvalue weighted by molar-refractivity contribution is -0.121. The highest BCUT2D eigenvalue weighted by Gasteiger charge is 2.47. The third-order valence-electron chi connectivity index (χ3n) is 5.41. The van der Waals surface area contributed by atoms with Crippen molar-refractivity contribution in [3.63, 3.8) is 0 Å². The van der Waals surface area contributed by atoms with Crippen LogP contribution in [0.25, 0.3) is 0 Å². The summed E-state index contributed by atoms with van der Waals surface area (Å²) in [6, 6.07) is 4.53. The number of rotatable bonds is 0. The maximum Gasteiger partial charge on any atom is 0.132 e. The van der Waals surface area contributed by atoms with E-state index < -0.39 is 0 Å². The summed E-state index contributed by atoms with van der Waals surface area (Å²) in [4.78, 5) is 11.6. The Morgan fingerprint density at radius 3 is 2.39 bits per heavy atom. The van der Waals surface area contributed by atoms with Gasteiger partial charge in [-0.05, 0) is 66.7 Å². The molecule has 96 valence electrons. The minimum absolute atomic E-state index is 0.305. The van der Waals surface area contributed by atoms with Crippen molar-refractivity contribution >= 4 is 5.78 Å². The Morgan fingerprint density at radius 1 is 1.11 bits per heavy atom. The Bertz CT molecular complexity index is 503. The van der Waals surface area contributed by atoms with Gasteiger partial charge >= 0.3 is 0 Å². The van der Waals surface area contributed by atoms with Crippen molar-refractivity contribution in [1.29, 1.82) is 0 Å². The van der Waals surface area contributed by atoms with Crippen molar-refractivity contribution in [1.82, 2.24) is 0 Å². The number of carbonyl (C=O) groups excluding carboxylic acids is 1. The predicted octanol–water partition coefficient (Wildman–Crippen LogP) is 3.88. The number of benzene rings is 1. The number of hydrogen-bond acceptors (Lipinski definition) is 1. The van der Waals surface area contributed by atoms with Crippen LogP contribution in [0, 0.1) is 19.8 Å². The molecule has 0 saturated heterocycles. The first-order valence-corrected chi connectivity index (χ1v) is 7.16. The monoisotopic (exact) mass is 242 g/mol. The van der Waals surface area contributed by atoms with Crippen molar-refractivity contribution in [2.75, 3.05) is 0 Å². The van der Waals surface area contributed by atoms with Crippen molar-refractivity contribution in [3.05, 3.63) is 34.4 Å². The van der Waals surface area contributed by atoms with E-state index in [-0.39, 0.29) is 0 Å². The Morgan fingerprint density at radius 2 is 1.72 bits per heavy atom. The van der Waals surface area contributed by atoms with Gasteiger partial charge in [0.15, 0.2) is 0 Å². The fraction of sp³-hybridized carbons (Fsp3) is 0.588. The Kier molecular flexibility index (Phi) is 2.62. The molecule has 0 bridgehead atoms. The highest BCUT2D eigenvalue weighted by molar-refractivity contribution is 5.80. The van der Waals surface area contributed by atoms with E-state index in [0.29, 0.717) is 17.1 Å². The quantitative estimate of drug-likeness (QED) is 0.675. The molecule has 3 rings (SSSR count). The van der Waals surface area contributed by atoms with Crippen LogP contribution in [-0.4, -0.2) is 5.78 Å². The summed E-state index contributed by atoms with van der Waals surface area (Å²) < 4.78 is 0. The molecule has 18 heavy (non-hydrogen) atoms. The summed E-state index contributed by atoms with van der Waals surface area (Å²) >= 11 is 0. The molecule has 1 nitrogen and oxygen atoms in total. The van der Waals surface area contributed by atoms with E-state index in [2.05, 4.69) is 32.9 Å². The number of aryl methyl sites for hydroxylation is 2. The van der Waals surface area contributed by atoms with Gasteiger partial charge in [-0.25, -0.2) is 0 Å². The predicted molar refractivity (Wildman–Crippen MR) is 73.9 cm³/mol. The van der Waals surface area contributed by atoms with Gasteiger partial charge in [0.05, 0.1) is 0 Å². The van der Waals surface area contributed by atoms with Gasteiger partial charge in [0, 0.05) is 12.8 Å². The van der Waals surface area contributed by atoms with E-state index in [1.807, 2.05) is 0 Å². The first-order valence-electron chi connectivity index (χ1n) is 7.16. The number of fused-ring (bicyclic) bond motifs is 2. The average Bonchev–Trinajstić information content (AvgIpc) is 2.63. The molecule has 0 aliphatic heterocycles. The second-order valence-corrected chi connectivity index (χ2v) is 6.35. The van der Waals surface area contributed by atoms with Gasteiger partial charge in [-0.15, -0.1) is 0 Å². The Balaban J connectivity index is 2.14. The van der Waals surface area contributed by atoms with E-state index in [0.717, 1.165) is 25.7 Å². The molecule has 0 heterocycles. The third kappa shape index (κ3) is 1.49. The molecule has 1 heteroatoms. The first kappa shape index (κ1) is 12.0. The summed E-state index contributed by atoms with van der Waals surface area (Å²) in [5.74, 6) is 1.16. The van der Waals surface area contributed by atoms with E-state index >= 15 is 0 Å². The minimum Gasteiger partial charge on any atom is -0.300 e. The molecule has 1 aromatic carbocycles. The van der Waals surface area contributed by atoms with Crippen LogP contribution in [0.2, 0.25) is 0 Å². The lowest BCUT2D eigenvalue weighted by atomic mass is 9.64. The molecule has 1 atom stereocenters. The Labute approximate surface area is 110 Å². The lowest BCUT2D eigenvalue weighted by Gasteiger charge is -2.39. The van der Waals surface area contributed by atoms with Gasteiger partial charge in [-0.2, -0.15) is 0 Å². The van der Waals surface area contributed by atoms with Crippen LogP contribution in [0.4, 0.5) is 0 Å². The molecule has 1 unspecified atom stereocenters.